The van der Waals surface area contributed by atoms with Gasteiger partial charge in [-0.1, -0.05) is 47.1 Å². The molecule has 8 nitrogen and oxygen atoms in total. The Bertz CT molecular complexity index is 947. The Labute approximate surface area is 178 Å². The fourth-order valence-corrected chi connectivity index (χ4v) is 3.05. The Kier molecular flexibility index (Phi) is 7.03. The van der Waals surface area contributed by atoms with E-state index in [0.29, 0.717) is 17.0 Å². The first-order chi connectivity index (χ1) is 14.4. The predicted octanol–water partition coefficient (Wildman–Crippen LogP) is 1.43. The van der Waals surface area contributed by atoms with E-state index in [-0.39, 0.29) is 30.5 Å². The molecule has 3 rings (SSSR count). The normalized spacial score (nSPS) is 16.2. The zero-order valence-electron chi connectivity index (χ0n) is 16.0. The second-order valence-electron chi connectivity index (χ2n) is 6.80. The fourth-order valence-electron chi connectivity index (χ4n) is 2.92. The van der Waals surface area contributed by atoms with Crippen molar-refractivity contribution in [2.45, 2.75) is 25.0 Å². The third-order valence-corrected chi connectivity index (χ3v) is 4.78. The molecule has 2 aromatic carbocycles. The van der Waals surface area contributed by atoms with E-state index in [4.69, 9.17) is 22.2 Å². The number of hydrogen-bond donors (Lipinski definition) is 3. The molecule has 0 spiro atoms. The minimum absolute atomic E-state index is 0.126. The van der Waals surface area contributed by atoms with E-state index in [9.17, 15) is 14.4 Å². The van der Waals surface area contributed by atoms with Gasteiger partial charge in [-0.3, -0.25) is 14.4 Å². The highest BCUT2D eigenvalue weighted by Crippen LogP contribution is 2.12. The fraction of sp³-hybridized carbons (Fsp3) is 0.238. The number of primary amides is 1. The maximum Gasteiger partial charge on any atom is 0.266 e. The smallest absolute Gasteiger partial charge is 0.266 e. The highest BCUT2D eigenvalue weighted by atomic mass is 35.5. The molecule has 2 atom stereocenters. The predicted molar refractivity (Wildman–Crippen MR) is 112 cm³/mol. The van der Waals surface area contributed by atoms with Gasteiger partial charge in [-0.2, -0.15) is 0 Å². The molecule has 0 saturated carbocycles. The quantitative estimate of drug-likeness (QED) is 0.588. The Morgan fingerprint density at radius 1 is 1.13 bits per heavy atom. The Morgan fingerprint density at radius 3 is 2.47 bits per heavy atom. The summed E-state index contributed by atoms with van der Waals surface area (Å²) in [4.78, 5) is 41.7. The lowest BCUT2D eigenvalue weighted by Gasteiger charge is -2.20. The molecule has 1 heterocycles. The van der Waals surface area contributed by atoms with Crippen LogP contribution in [-0.2, 0) is 20.8 Å². The molecule has 30 heavy (non-hydrogen) atoms. The van der Waals surface area contributed by atoms with Crippen LogP contribution in [0.25, 0.3) is 0 Å². The molecule has 0 saturated heterocycles. The average Bonchev–Trinajstić information content (AvgIpc) is 3.22. The van der Waals surface area contributed by atoms with Gasteiger partial charge in [0.25, 0.3) is 11.8 Å². The standard InChI is InChI=1S/C21H21ClN4O4/c22-15-8-6-14(7-9-15)20(28)25-18(10-13-4-2-1-3-5-13)21(29)24-12-16-11-17(19(23)27)26-30-16/h1-9,16,18H,10-12H2,(H2,23,27)(H,24,29)(H,25,28). The number of hydrogen-bond acceptors (Lipinski definition) is 5. The van der Waals surface area contributed by atoms with Crippen LogP contribution < -0.4 is 16.4 Å². The topological polar surface area (TPSA) is 123 Å². The van der Waals surface area contributed by atoms with Gasteiger partial charge in [0.05, 0.1) is 6.54 Å². The zero-order chi connectivity index (χ0) is 21.5. The van der Waals surface area contributed by atoms with Gasteiger partial charge in [0, 0.05) is 23.4 Å². The largest absolute Gasteiger partial charge is 0.390 e. The number of amides is 3. The molecule has 0 radical (unpaired) electrons. The Morgan fingerprint density at radius 2 is 1.83 bits per heavy atom. The van der Waals surface area contributed by atoms with Gasteiger partial charge in [-0.05, 0) is 29.8 Å². The lowest BCUT2D eigenvalue weighted by Crippen LogP contribution is -2.49. The first-order valence-corrected chi connectivity index (χ1v) is 9.70. The number of nitrogens with two attached hydrogens (primary N) is 1. The third-order valence-electron chi connectivity index (χ3n) is 4.53. The van der Waals surface area contributed by atoms with Crippen LogP contribution in [-0.4, -0.2) is 42.1 Å². The van der Waals surface area contributed by atoms with Crippen molar-refractivity contribution in [1.29, 1.82) is 0 Å². The van der Waals surface area contributed by atoms with Crippen LogP contribution in [0.3, 0.4) is 0 Å². The van der Waals surface area contributed by atoms with Crippen molar-refractivity contribution in [2.24, 2.45) is 10.9 Å². The highest BCUT2D eigenvalue weighted by Gasteiger charge is 2.27. The second kappa shape index (κ2) is 9.89. The summed E-state index contributed by atoms with van der Waals surface area (Å²) in [6.07, 6.45) is 0.0391. The Balaban J connectivity index is 1.64. The van der Waals surface area contributed by atoms with Gasteiger partial charge in [-0.25, -0.2) is 0 Å². The van der Waals surface area contributed by atoms with E-state index in [1.54, 1.807) is 24.3 Å². The van der Waals surface area contributed by atoms with Crippen LogP contribution in [0.15, 0.2) is 59.8 Å². The van der Waals surface area contributed by atoms with Crippen LogP contribution in [0.2, 0.25) is 5.02 Å². The summed E-state index contributed by atoms with van der Waals surface area (Å²) in [6, 6.07) is 14.9. The van der Waals surface area contributed by atoms with Crippen LogP contribution in [0, 0.1) is 0 Å². The molecule has 3 amide bonds. The number of halogens is 1. The average molecular weight is 429 g/mol. The van der Waals surface area contributed by atoms with E-state index >= 15 is 0 Å². The van der Waals surface area contributed by atoms with E-state index in [2.05, 4.69) is 15.8 Å². The summed E-state index contributed by atoms with van der Waals surface area (Å²) in [5, 5.41) is 9.64. The molecule has 2 aromatic rings. The molecule has 9 heteroatoms. The van der Waals surface area contributed by atoms with E-state index in [1.807, 2.05) is 30.3 Å². The molecule has 0 aliphatic carbocycles. The number of carbonyl (C=O) groups excluding carboxylic acids is 3. The molecular formula is C21H21ClN4O4. The van der Waals surface area contributed by atoms with Crippen LogP contribution in [0.4, 0.5) is 0 Å². The van der Waals surface area contributed by atoms with E-state index in [0.717, 1.165) is 5.56 Å². The van der Waals surface area contributed by atoms with Crippen LogP contribution in [0.5, 0.6) is 0 Å². The summed E-state index contributed by atoms with van der Waals surface area (Å²) in [7, 11) is 0. The molecule has 0 bridgehead atoms. The summed E-state index contributed by atoms with van der Waals surface area (Å²) in [6.45, 7) is 0.126. The van der Waals surface area contributed by atoms with Crippen molar-refractivity contribution in [3.8, 4) is 0 Å². The highest BCUT2D eigenvalue weighted by molar-refractivity contribution is 6.38. The van der Waals surface area contributed by atoms with Crippen LogP contribution in [0.1, 0.15) is 22.3 Å². The zero-order valence-corrected chi connectivity index (χ0v) is 16.8. The Hall–Kier alpha value is -3.39. The molecule has 1 aliphatic rings. The monoisotopic (exact) mass is 428 g/mol. The van der Waals surface area contributed by atoms with Gasteiger partial charge in [0.15, 0.2) is 6.10 Å². The van der Waals surface area contributed by atoms with Gasteiger partial charge < -0.3 is 21.2 Å². The number of oxime groups is 1. The number of nitrogens with one attached hydrogen (secondary N) is 2. The van der Waals surface area contributed by atoms with Crippen molar-refractivity contribution in [3.63, 3.8) is 0 Å². The molecular weight excluding hydrogens is 408 g/mol. The van der Waals surface area contributed by atoms with Crippen molar-refractivity contribution in [1.82, 2.24) is 10.6 Å². The molecule has 0 aromatic heterocycles. The van der Waals surface area contributed by atoms with E-state index in [1.165, 1.54) is 0 Å². The van der Waals surface area contributed by atoms with Crippen molar-refractivity contribution in [3.05, 3.63) is 70.7 Å². The summed E-state index contributed by atoms with van der Waals surface area (Å²) in [5.41, 5.74) is 6.59. The minimum atomic E-state index is -0.812. The van der Waals surface area contributed by atoms with Gasteiger partial charge >= 0.3 is 0 Å². The number of rotatable bonds is 8. The van der Waals surface area contributed by atoms with Crippen molar-refractivity contribution < 1.29 is 19.2 Å². The maximum atomic E-state index is 12.8. The minimum Gasteiger partial charge on any atom is -0.390 e. The number of benzene rings is 2. The van der Waals surface area contributed by atoms with Gasteiger partial charge in [0.1, 0.15) is 11.8 Å². The van der Waals surface area contributed by atoms with Crippen molar-refractivity contribution >= 4 is 35.0 Å². The third kappa shape index (κ3) is 5.81. The summed E-state index contributed by atoms with van der Waals surface area (Å²) >= 11 is 5.87. The van der Waals surface area contributed by atoms with Gasteiger partial charge in [0.2, 0.25) is 5.91 Å². The second-order valence-corrected chi connectivity index (χ2v) is 7.24. The molecule has 156 valence electrons. The lowest BCUT2D eigenvalue weighted by atomic mass is 10.0. The molecule has 4 N–H and O–H groups in total. The molecule has 2 unspecified atom stereocenters. The maximum absolute atomic E-state index is 12.8. The first kappa shape index (κ1) is 21.3. The van der Waals surface area contributed by atoms with Gasteiger partial charge in [-0.15, -0.1) is 0 Å². The van der Waals surface area contributed by atoms with Crippen LogP contribution >= 0.6 is 11.6 Å². The molecule has 0 fully saturated rings. The SMILES string of the molecule is NC(=O)C1=NOC(CNC(=O)C(Cc2ccccc2)NC(=O)c2ccc(Cl)cc2)C1. The summed E-state index contributed by atoms with van der Waals surface area (Å²) in [5.74, 6) is -1.42. The lowest BCUT2D eigenvalue weighted by molar-refractivity contribution is -0.123. The first-order valence-electron chi connectivity index (χ1n) is 9.33. The summed E-state index contributed by atoms with van der Waals surface area (Å²) < 4.78 is 0. The number of nitrogens with zero attached hydrogens (tertiary/aromatic N) is 1. The van der Waals surface area contributed by atoms with E-state index < -0.39 is 18.1 Å². The van der Waals surface area contributed by atoms with Crippen molar-refractivity contribution in [2.75, 3.05) is 6.54 Å². The molecule has 1 aliphatic heterocycles. The number of carbonyl (C=O) groups is 3.